The third-order valence-corrected chi connectivity index (χ3v) is 6.80. The van der Waals surface area contributed by atoms with Crippen LogP contribution in [0.1, 0.15) is 40.0 Å². The van der Waals surface area contributed by atoms with E-state index in [2.05, 4.69) is 57.2 Å². The van der Waals surface area contributed by atoms with Crippen molar-refractivity contribution in [1.29, 1.82) is 0 Å². The molecule has 2 fully saturated rings. The van der Waals surface area contributed by atoms with Gasteiger partial charge in [-0.25, -0.2) is 0 Å². The number of hydrogen-bond donors (Lipinski definition) is 1. The summed E-state index contributed by atoms with van der Waals surface area (Å²) in [6, 6.07) is 6.68. The fourth-order valence-corrected chi connectivity index (χ4v) is 4.80. The van der Waals surface area contributed by atoms with Crippen molar-refractivity contribution >= 4 is 23.0 Å². The molecule has 3 unspecified atom stereocenters. The van der Waals surface area contributed by atoms with Crippen LogP contribution in [0.4, 0.5) is 11.4 Å². The Kier molecular flexibility index (Phi) is 3.44. The monoisotopic (exact) mass is 306 g/mol. The van der Waals surface area contributed by atoms with Gasteiger partial charge in [-0.3, -0.25) is 0 Å². The highest BCUT2D eigenvalue weighted by atomic mass is 35.5. The van der Waals surface area contributed by atoms with E-state index in [1.165, 1.54) is 30.6 Å². The molecule has 3 atom stereocenters. The molecule has 2 bridgehead atoms. The largest absolute Gasteiger partial charge is 0.380 e. The van der Waals surface area contributed by atoms with Crippen molar-refractivity contribution in [2.45, 2.75) is 46.1 Å². The molecule has 0 amide bonds. The normalized spacial score (nSPS) is 33.2. The molecule has 2 saturated carbocycles. The second-order valence-electron chi connectivity index (χ2n) is 7.86. The highest BCUT2D eigenvalue weighted by Gasteiger charge is 2.61. The van der Waals surface area contributed by atoms with Gasteiger partial charge in [0, 0.05) is 25.2 Å². The Hall–Kier alpha value is -0.890. The van der Waals surface area contributed by atoms with Gasteiger partial charge >= 0.3 is 0 Å². The van der Waals surface area contributed by atoms with Crippen LogP contribution in [0.15, 0.2) is 18.2 Å². The molecule has 0 radical (unpaired) electrons. The van der Waals surface area contributed by atoms with Gasteiger partial charge in [0.05, 0.1) is 11.4 Å². The Labute approximate surface area is 133 Å². The summed E-state index contributed by atoms with van der Waals surface area (Å²) in [5.74, 6) is 0.849. The molecule has 2 aliphatic carbocycles. The molecular weight excluding hydrogens is 280 g/mol. The molecule has 2 aliphatic rings. The Bertz CT molecular complexity index is 552. The standard InChI is InChI=1S/C18H27ClN2/c1-17(2)12-8-9-18(17,3)16(10-12)20-14-11-13(19)6-7-15(14)21(4)5/h6-7,11-12,16,20H,8-10H2,1-5H3. The minimum atomic E-state index is 0.379. The van der Waals surface area contributed by atoms with Gasteiger partial charge in [0.2, 0.25) is 0 Å². The van der Waals surface area contributed by atoms with Crippen LogP contribution < -0.4 is 10.2 Å². The lowest BCUT2D eigenvalue weighted by molar-refractivity contribution is 0.142. The molecule has 0 aliphatic heterocycles. The van der Waals surface area contributed by atoms with E-state index in [4.69, 9.17) is 11.6 Å². The lowest BCUT2D eigenvalue weighted by atomic mass is 9.69. The Morgan fingerprint density at radius 2 is 1.95 bits per heavy atom. The fourth-order valence-electron chi connectivity index (χ4n) is 4.62. The van der Waals surface area contributed by atoms with E-state index in [1.807, 2.05) is 6.07 Å². The van der Waals surface area contributed by atoms with Crippen molar-refractivity contribution in [3.8, 4) is 0 Å². The number of benzene rings is 1. The van der Waals surface area contributed by atoms with Gasteiger partial charge in [-0.1, -0.05) is 32.4 Å². The van der Waals surface area contributed by atoms with E-state index >= 15 is 0 Å². The fraction of sp³-hybridized carbons (Fsp3) is 0.667. The molecule has 3 rings (SSSR count). The topological polar surface area (TPSA) is 15.3 Å². The first-order chi connectivity index (χ1) is 9.75. The summed E-state index contributed by atoms with van der Waals surface area (Å²) in [5, 5.41) is 4.63. The molecule has 2 nitrogen and oxygen atoms in total. The third-order valence-electron chi connectivity index (χ3n) is 6.56. The van der Waals surface area contributed by atoms with Crippen LogP contribution in [0.5, 0.6) is 0 Å². The van der Waals surface area contributed by atoms with Crippen molar-refractivity contribution in [1.82, 2.24) is 0 Å². The predicted octanol–water partition coefficient (Wildman–Crippen LogP) is 5.03. The number of nitrogens with one attached hydrogen (secondary N) is 1. The molecule has 0 saturated heterocycles. The second kappa shape index (κ2) is 4.81. The lowest BCUT2D eigenvalue weighted by Gasteiger charge is -2.40. The van der Waals surface area contributed by atoms with Crippen LogP contribution in [-0.4, -0.2) is 20.1 Å². The van der Waals surface area contributed by atoms with Crippen LogP contribution in [0.2, 0.25) is 5.02 Å². The minimum Gasteiger partial charge on any atom is -0.380 e. The van der Waals surface area contributed by atoms with Gasteiger partial charge in [-0.15, -0.1) is 0 Å². The van der Waals surface area contributed by atoms with E-state index in [9.17, 15) is 0 Å². The van der Waals surface area contributed by atoms with E-state index in [0.29, 0.717) is 16.9 Å². The van der Waals surface area contributed by atoms with Crippen LogP contribution in [-0.2, 0) is 0 Å². The predicted molar refractivity (Wildman–Crippen MR) is 92.4 cm³/mol. The molecule has 0 spiro atoms. The first-order valence-electron chi connectivity index (χ1n) is 7.99. The van der Waals surface area contributed by atoms with E-state index < -0.39 is 0 Å². The average Bonchev–Trinajstić information content (AvgIpc) is 2.71. The van der Waals surface area contributed by atoms with Gasteiger partial charge in [0.25, 0.3) is 0 Å². The van der Waals surface area contributed by atoms with Crippen LogP contribution >= 0.6 is 11.6 Å². The Balaban J connectivity index is 1.91. The molecule has 3 heteroatoms. The maximum absolute atomic E-state index is 6.22. The summed E-state index contributed by atoms with van der Waals surface area (Å²) in [6.07, 6.45) is 4.00. The number of halogens is 1. The first kappa shape index (κ1) is 15.0. The van der Waals surface area contributed by atoms with Crippen molar-refractivity contribution in [3.63, 3.8) is 0 Å². The van der Waals surface area contributed by atoms with Gasteiger partial charge in [0.15, 0.2) is 0 Å². The van der Waals surface area contributed by atoms with E-state index in [1.54, 1.807) is 0 Å². The van der Waals surface area contributed by atoms with E-state index in [0.717, 1.165) is 10.9 Å². The smallest absolute Gasteiger partial charge is 0.0597 e. The van der Waals surface area contributed by atoms with Crippen molar-refractivity contribution in [2.24, 2.45) is 16.7 Å². The number of nitrogens with zero attached hydrogens (tertiary/aromatic N) is 1. The average molecular weight is 307 g/mol. The van der Waals surface area contributed by atoms with Crippen molar-refractivity contribution in [3.05, 3.63) is 23.2 Å². The summed E-state index contributed by atoms with van der Waals surface area (Å²) in [4.78, 5) is 2.15. The molecule has 1 N–H and O–H groups in total. The molecule has 21 heavy (non-hydrogen) atoms. The summed E-state index contributed by atoms with van der Waals surface area (Å²) in [6.45, 7) is 7.38. The summed E-state index contributed by atoms with van der Waals surface area (Å²) in [7, 11) is 4.17. The zero-order valence-corrected chi connectivity index (χ0v) is 14.6. The maximum atomic E-state index is 6.22. The van der Waals surface area contributed by atoms with Gasteiger partial charge in [-0.2, -0.15) is 0 Å². The van der Waals surface area contributed by atoms with E-state index in [-0.39, 0.29) is 0 Å². The molecule has 1 aromatic carbocycles. The number of hydrogen-bond acceptors (Lipinski definition) is 2. The van der Waals surface area contributed by atoms with Gasteiger partial charge in [0.1, 0.15) is 0 Å². The van der Waals surface area contributed by atoms with Crippen molar-refractivity contribution in [2.75, 3.05) is 24.3 Å². The third kappa shape index (κ3) is 2.14. The van der Waals surface area contributed by atoms with Gasteiger partial charge in [-0.05, 0) is 54.2 Å². The number of fused-ring (bicyclic) bond motifs is 2. The van der Waals surface area contributed by atoms with Crippen LogP contribution in [0.25, 0.3) is 0 Å². The summed E-state index contributed by atoms with van der Waals surface area (Å²) in [5.41, 5.74) is 3.19. The number of rotatable bonds is 3. The SMILES string of the molecule is CN(C)c1ccc(Cl)cc1NC1CC2CCC1(C)C2(C)C. The first-order valence-corrected chi connectivity index (χ1v) is 8.37. The minimum absolute atomic E-state index is 0.379. The Morgan fingerprint density at radius 1 is 1.24 bits per heavy atom. The van der Waals surface area contributed by atoms with Crippen molar-refractivity contribution < 1.29 is 0 Å². The molecular formula is C18H27ClN2. The Morgan fingerprint density at radius 3 is 2.48 bits per heavy atom. The zero-order chi connectivity index (χ0) is 15.4. The summed E-state index contributed by atoms with van der Waals surface area (Å²) < 4.78 is 0. The number of anilines is 2. The van der Waals surface area contributed by atoms with Crippen LogP contribution in [0, 0.1) is 16.7 Å². The quantitative estimate of drug-likeness (QED) is 0.842. The molecule has 0 heterocycles. The molecule has 1 aromatic rings. The summed E-state index contributed by atoms with van der Waals surface area (Å²) >= 11 is 6.22. The molecule has 0 aromatic heterocycles. The van der Waals surface area contributed by atoms with Gasteiger partial charge < -0.3 is 10.2 Å². The zero-order valence-electron chi connectivity index (χ0n) is 13.8. The second-order valence-corrected chi connectivity index (χ2v) is 8.30. The highest BCUT2D eigenvalue weighted by molar-refractivity contribution is 6.31. The maximum Gasteiger partial charge on any atom is 0.0597 e. The molecule has 116 valence electrons. The lowest BCUT2D eigenvalue weighted by Crippen LogP contribution is -2.40. The van der Waals surface area contributed by atoms with Crippen LogP contribution in [0.3, 0.4) is 0 Å². The highest BCUT2D eigenvalue weighted by Crippen LogP contribution is 2.66.